The Bertz CT molecular complexity index is 468. The SMILES string of the molecule is COc1ccccc1[C@@H](C)NCCn1cccn1. The van der Waals surface area contributed by atoms with Crippen LogP contribution in [0.25, 0.3) is 0 Å². The minimum atomic E-state index is 0.261. The number of hydrogen-bond donors (Lipinski definition) is 1. The van der Waals surface area contributed by atoms with E-state index in [4.69, 9.17) is 4.74 Å². The van der Waals surface area contributed by atoms with E-state index in [0.717, 1.165) is 18.8 Å². The molecule has 0 amide bonds. The molecule has 0 bridgehead atoms. The van der Waals surface area contributed by atoms with Gasteiger partial charge in [-0.1, -0.05) is 18.2 Å². The molecule has 0 fully saturated rings. The summed E-state index contributed by atoms with van der Waals surface area (Å²) in [7, 11) is 1.70. The van der Waals surface area contributed by atoms with Crippen molar-refractivity contribution in [2.45, 2.75) is 19.5 Å². The summed E-state index contributed by atoms with van der Waals surface area (Å²) in [5.74, 6) is 0.927. The van der Waals surface area contributed by atoms with Gasteiger partial charge in [0.1, 0.15) is 5.75 Å². The monoisotopic (exact) mass is 245 g/mol. The standard InChI is InChI=1S/C14H19N3O/c1-12(13-6-3-4-7-14(13)18-2)15-9-11-17-10-5-8-16-17/h3-8,10,12,15H,9,11H2,1-2H3/t12-/m1/s1. The maximum atomic E-state index is 5.36. The molecule has 1 heterocycles. The number of nitrogens with one attached hydrogen (secondary N) is 1. The normalized spacial score (nSPS) is 12.3. The van der Waals surface area contributed by atoms with Crippen LogP contribution in [-0.2, 0) is 6.54 Å². The molecule has 96 valence electrons. The number of hydrogen-bond acceptors (Lipinski definition) is 3. The van der Waals surface area contributed by atoms with Gasteiger partial charge in [0, 0.05) is 30.5 Å². The first-order valence-corrected chi connectivity index (χ1v) is 6.15. The van der Waals surface area contributed by atoms with E-state index in [9.17, 15) is 0 Å². The van der Waals surface area contributed by atoms with Crippen LogP contribution in [0.2, 0.25) is 0 Å². The van der Waals surface area contributed by atoms with E-state index in [2.05, 4.69) is 23.4 Å². The largest absolute Gasteiger partial charge is 0.496 e. The van der Waals surface area contributed by atoms with Crippen LogP contribution in [-0.4, -0.2) is 23.4 Å². The smallest absolute Gasteiger partial charge is 0.123 e. The molecule has 0 saturated heterocycles. The van der Waals surface area contributed by atoms with Crippen molar-refractivity contribution in [1.82, 2.24) is 15.1 Å². The zero-order valence-electron chi connectivity index (χ0n) is 10.8. The van der Waals surface area contributed by atoms with Gasteiger partial charge in [0.15, 0.2) is 0 Å². The summed E-state index contributed by atoms with van der Waals surface area (Å²) in [6.45, 7) is 3.88. The lowest BCUT2D eigenvalue weighted by atomic mass is 10.1. The van der Waals surface area contributed by atoms with Gasteiger partial charge in [-0.15, -0.1) is 0 Å². The van der Waals surface area contributed by atoms with Gasteiger partial charge < -0.3 is 10.1 Å². The third-order valence-corrected chi connectivity index (χ3v) is 2.96. The van der Waals surface area contributed by atoms with Crippen molar-refractivity contribution >= 4 is 0 Å². The van der Waals surface area contributed by atoms with Crippen molar-refractivity contribution in [3.63, 3.8) is 0 Å². The van der Waals surface area contributed by atoms with Crippen LogP contribution in [0.4, 0.5) is 0 Å². The Balaban J connectivity index is 1.89. The molecule has 0 spiro atoms. The van der Waals surface area contributed by atoms with Crippen molar-refractivity contribution in [3.8, 4) is 5.75 Å². The zero-order chi connectivity index (χ0) is 12.8. The van der Waals surface area contributed by atoms with Crippen molar-refractivity contribution in [1.29, 1.82) is 0 Å². The highest BCUT2D eigenvalue weighted by Gasteiger charge is 2.09. The minimum absolute atomic E-state index is 0.261. The van der Waals surface area contributed by atoms with E-state index in [1.807, 2.05) is 35.1 Å². The Morgan fingerprint density at radius 2 is 2.17 bits per heavy atom. The van der Waals surface area contributed by atoms with Crippen molar-refractivity contribution < 1.29 is 4.74 Å². The molecule has 0 aliphatic rings. The lowest BCUT2D eigenvalue weighted by Gasteiger charge is -2.17. The van der Waals surface area contributed by atoms with Crippen molar-refractivity contribution in [3.05, 3.63) is 48.3 Å². The maximum Gasteiger partial charge on any atom is 0.123 e. The Kier molecular flexibility index (Phi) is 4.36. The molecular weight excluding hydrogens is 226 g/mol. The predicted octanol–water partition coefficient (Wildman–Crippen LogP) is 2.24. The lowest BCUT2D eigenvalue weighted by molar-refractivity contribution is 0.400. The Morgan fingerprint density at radius 3 is 2.89 bits per heavy atom. The first kappa shape index (κ1) is 12.6. The van der Waals surface area contributed by atoms with Gasteiger partial charge in [0.25, 0.3) is 0 Å². The molecule has 4 heteroatoms. The van der Waals surface area contributed by atoms with E-state index in [1.54, 1.807) is 13.3 Å². The molecule has 1 aromatic carbocycles. The molecule has 18 heavy (non-hydrogen) atoms. The van der Waals surface area contributed by atoms with Crippen LogP contribution in [0.3, 0.4) is 0 Å². The number of methoxy groups -OCH3 is 1. The lowest BCUT2D eigenvalue weighted by Crippen LogP contribution is -2.23. The van der Waals surface area contributed by atoms with Crippen molar-refractivity contribution in [2.75, 3.05) is 13.7 Å². The van der Waals surface area contributed by atoms with E-state index < -0.39 is 0 Å². The average molecular weight is 245 g/mol. The summed E-state index contributed by atoms with van der Waals surface area (Å²) in [5, 5.41) is 7.64. The Morgan fingerprint density at radius 1 is 1.33 bits per heavy atom. The summed E-state index contributed by atoms with van der Waals surface area (Å²) in [5.41, 5.74) is 1.18. The van der Waals surface area contributed by atoms with Gasteiger partial charge in [0.2, 0.25) is 0 Å². The molecular formula is C14H19N3O. The fourth-order valence-corrected chi connectivity index (χ4v) is 1.96. The van der Waals surface area contributed by atoms with Crippen molar-refractivity contribution in [2.24, 2.45) is 0 Å². The quantitative estimate of drug-likeness (QED) is 0.848. The second-order valence-corrected chi connectivity index (χ2v) is 4.19. The predicted molar refractivity (Wildman–Crippen MR) is 71.6 cm³/mol. The zero-order valence-corrected chi connectivity index (χ0v) is 10.8. The van der Waals surface area contributed by atoms with Crippen LogP contribution in [0.15, 0.2) is 42.7 Å². The topological polar surface area (TPSA) is 39.1 Å². The van der Waals surface area contributed by atoms with Gasteiger partial charge in [0.05, 0.1) is 13.7 Å². The molecule has 0 saturated carbocycles. The van der Waals surface area contributed by atoms with Crippen LogP contribution in [0.1, 0.15) is 18.5 Å². The maximum absolute atomic E-state index is 5.36. The van der Waals surface area contributed by atoms with Crippen LogP contribution in [0, 0.1) is 0 Å². The first-order valence-electron chi connectivity index (χ1n) is 6.15. The van der Waals surface area contributed by atoms with Gasteiger partial charge >= 0.3 is 0 Å². The first-order chi connectivity index (χ1) is 8.81. The van der Waals surface area contributed by atoms with Gasteiger partial charge in [-0.25, -0.2) is 0 Å². The second-order valence-electron chi connectivity index (χ2n) is 4.19. The molecule has 4 nitrogen and oxygen atoms in total. The Hall–Kier alpha value is -1.81. The van der Waals surface area contributed by atoms with Crippen LogP contribution in [0.5, 0.6) is 5.75 Å². The molecule has 0 unspecified atom stereocenters. The fourth-order valence-electron chi connectivity index (χ4n) is 1.96. The number of ether oxygens (including phenoxy) is 1. The summed E-state index contributed by atoms with van der Waals surface area (Å²) in [4.78, 5) is 0. The van der Waals surface area contributed by atoms with Crippen LogP contribution < -0.4 is 10.1 Å². The third kappa shape index (κ3) is 3.11. The summed E-state index contributed by atoms with van der Waals surface area (Å²) < 4.78 is 7.28. The van der Waals surface area contributed by atoms with Gasteiger partial charge in [-0.05, 0) is 19.1 Å². The average Bonchev–Trinajstić information content (AvgIpc) is 2.91. The molecule has 0 aliphatic heterocycles. The second kappa shape index (κ2) is 6.21. The van der Waals surface area contributed by atoms with Crippen LogP contribution >= 0.6 is 0 Å². The molecule has 0 radical (unpaired) electrons. The number of nitrogens with zero attached hydrogens (tertiary/aromatic N) is 2. The summed E-state index contributed by atoms with van der Waals surface area (Å²) >= 11 is 0. The minimum Gasteiger partial charge on any atom is -0.496 e. The number of rotatable bonds is 6. The highest BCUT2D eigenvalue weighted by molar-refractivity contribution is 5.35. The molecule has 0 aliphatic carbocycles. The van der Waals surface area contributed by atoms with E-state index in [1.165, 1.54) is 5.56 Å². The van der Waals surface area contributed by atoms with E-state index in [0.29, 0.717) is 0 Å². The summed E-state index contributed by atoms with van der Waals surface area (Å²) in [6, 6.07) is 10.3. The highest BCUT2D eigenvalue weighted by atomic mass is 16.5. The molecule has 1 N–H and O–H groups in total. The highest BCUT2D eigenvalue weighted by Crippen LogP contribution is 2.23. The van der Waals surface area contributed by atoms with Gasteiger partial charge in [-0.3, -0.25) is 4.68 Å². The number of benzene rings is 1. The van der Waals surface area contributed by atoms with Gasteiger partial charge in [-0.2, -0.15) is 5.10 Å². The fraction of sp³-hybridized carbons (Fsp3) is 0.357. The molecule has 2 rings (SSSR count). The Labute approximate surface area is 108 Å². The number of para-hydroxylation sites is 1. The molecule has 1 atom stereocenters. The number of aromatic nitrogens is 2. The van der Waals surface area contributed by atoms with E-state index in [-0.39, 0.29) is 6.04 Å². The molecule has 1 aromatic heterocycles. The van der Waals surface area contributed by atoms with E-state index >= 15 is 0 Å². The third-order valence-electron chi connectivity index (χ3n) is 2.96. The summed E-state index contributed by atoms with van der Waals surface area (Å²) in [6.07, 6.45) is 3.76. The molecule has 2 aromatic rings.